The summed E-state index contributed by atoms with van der Waals surface area (Å²) in [7, 11) is 0. The first-order chi connectivity index (χ1) is 16.1. The minimum absolute atomic E-state index is 0.310. The molecule has 0 aliphatic heterocycles. The van der Waals surface area contributed by atoms with Gasteiger partial charge in [0.2, 0.25) is 5.91 Å². The van der Waals surface area contributed by atoms with E-state index < -0.39 is 11.2 Å². The quantitative estimate of drug-likeness (QED) is 0.371. The van der Waals surface area contributed by atoms with Gasteiger partial charge in [-0.25, -0.2) is 0 Å². The Morgan fingerprint density at radius 3 is 1.88 bits per heavy atom. The monoisotopic (exact) mass is 465 g/mol. The van der Waals surface area contributed by atoms with Gasteiger partial charge in [-0.15, -0.1) is 0 Å². The molecular formula is C27H35N3O4. The minimum atomic E-state index is -0.926. The Hall–Kier alpha value is -3.58. The van der Waals surface area contributed by atoms with E-state index in [0.29, 0.717) is 24.2 Å². The van der Waals surface area contributed by atoms with Gasteiger partial charge in [0.05, 0.1) is 5.69 Å². The van der Waals surface area contributed by atoms with E-state index in [1.807, 2.05) is 48.5 Å². The van der Waals surface area contributed by atoms with Gasteiger partial charge >= 0.3 is 0 Å². The molecule has 34 heavy (non-hydrogen) atoms. The van der Waals surface area contributed by atoms with Gasteiger partial charge in [0.15, 0.2) is 17.2 Å². The third-order valence-electron chi connectivity index (χ3n) is 5.85. The van der Waals surface area contributed by atoms with Crippen molar-refractivity contribution in [3.8, 4) is 17.2 Å². The SMILES string of the molecule is CC(C)N(CCC(C(N)=O)(c1ccccc1)c1ccccn1)C(C)C.Oc1cccc(O)c1O. The zero-order valence-corrected chi connectivity index (χ0v) is 20.2. The molecule has 7 heteroatoms. The van der Waals surface area contributed by atoms with E-state index in [1.165, 1.54) is 18.2 Å². The number of para-hydroxylation sites is 1. The van der Waals surface area contributed by atoms with Crippen LogP contribution in [0, 0.1) is 0 Å². The number of nitrogens with two attached hydrogens (primary N) is 1. The van der Waals surface area contributed by atoms with Crippen molar-refractivity contribution in [2.75, 3.05) is 6.54 Å². The summed E-state index contributed by atoms with van der Waals surface area (Å²) in [4.78, 5) is 19.6. The van der Waals surface area contributed by atoms with E-state index in [2.05, 4.69) is 37.6 Å². The number of benzene rings is 2. The van der Waals surface area contributed by atoms with Crippen LogP contribution in [0.4, 0.5) is 0 Å². The Bertz CT molecular complexity index is 973. The van der Waals surface area contributed by atoms with Crippen LogP contribution < -0.4 is 5.73 Å². The van der Waals surface area contributed by atoms with Gasteiger partial charge in [-0.3, -0.25) is 14.7 Å². The summed E-state index contributed by atoms with van der Waals surface area (Å²) >= 11 is 0. The molecule has 0 bridgehead atoms. The molecule has 1 unspecified atom stereocenters. The minimum Gasteiger partial charge on any atom is -0.504 e. The summed E-state index contributed by atoms with van der Waals surface area (Å²) in [5.41, 5.74) is 6.66. The Morgan fingerprint density at radius 1 is 0.882 bits per heavy atom. The summed E-state index contributed by atoms with van der Waals surface area (Å²) in [6, 6.07) is 20.2. The van der Waals surface area contributed by atoms with Crippen LogP contribution in [0.5, 0.6) is 17.2 Å². The fourth-order valence-electron chi connectivity index (χ4n) is 4.08. The molecule has 0 fully saturated rings. The van der Waals surface area contributed by atoms with Gasteiger partial charge in [0.25, 0.3) is 0 Å². The number of carbonyl (C=O) groups excluding carboxylic acids is 1. The van der Waals surface area contributed by atoms with Crippen molar-refractivity contribution in [2.24, 2.45) is 5.73 Å². The highest BCUT2D eigenvalue weighted by molar-refractivity contribution is 5.90. The number of hydrogen-bond donors (Lipinski definition) is 4. The lowest BCUT2D eigenvalue weighted by atomic mass is 9.73. The maximum Gasteiger partial charge on any atom is 0.234 e. The Kier molecular flexibility index (Phi) is 9.45. The molecule has 182 valence electrons. The van der Waals surface area contributed by atoms with Crippen LogP contribution in [0.15, 0.2) is 72.9 Å². The number of nitrogens with zero attached hydrogens (tertiary/aromatic N) is 2. The molecule has 3 rings (SSSR count). The van der Waals surface area contributed by atoms with E-state index in [1.54, 1.807) is 6.20 Å². The normalized spacial score (nSPS) is 12.8. The topological polar surface area (TPSA) is 120 Å². The van der Waals surface area contributed by atoms with Gasteiger partial charge in [-0.2, -0.15) is 0 Å². The van der Waals surface area contributed by atoms with Crippen molar-refractivity contribution in [1.29, 1.82) is 0 Å². The lowest BCUT2D eigenvalue weighted by molar-refractivity contribution is -0.122. The summed E-state index contributed by atoms with van der Waals surface area (Å²) in [5.74, 6) is -1.45. The number of hydrogen-bond acceptors (Lipinski definition) is 6. The van der Waals surface area contributed by atoms with Crippen molar-refractivity contribution in [3.05, 3.63) is 84.2 Å². The van der Waals surface area contributed by atoms with Crippen LogP contribution in [0.3, 0.4) is 0 Å². The first-order valence-corrected chi connectivity index (χ1v) is 11.3. The summed E-state index contributed by atoms with van der Waals surface area (Å²) in [6.45, 7) is 9.47. The Morgan fingerprint density at radius 2 is 1.44 bits per heavy atom. The summed E-state index contributed by atoms with van der Waals surface area (Å²) < 4.78 is 0. The number of pyridine rings is 1. The fraction of sp³-hybridized carbons (Fsp3) is 0.333. The maximum absolute atomic E-state index is 12.7. The average Bonchev–Trinajstić information content (AvgIpc) is 2.81. The zero-order valence-electron chi connectivity index (χ0n) is 20.2. The molecular weight excluding hydrogens is 430 g/mol. The Balaban J connectivity index is 0.000000379. The van der Waals surface area contributed by atoms with Crippen molar-refractivity contribution >= 4 is 5.91 Å². The highest BCUT2D eigenvalue weighted by atomic mass is 16.3. The molecule has 1 atom stereocenters. The molecule has 1 aromatic heterocycles. The number of aromatic hydroxyl groups is 3. The first kappa shape index (κ1) is 26.7. The van der Waals surface area contributed by atoms with Crippen molar-refractivity contribution in [3.63, 3.8) is 0 Å². The van der Waals surface area contributed by atoms with Gasteiger partial charge in [0.1, 0.15) is 5.41 Å². The average molecular weight is 466 g/mol. The second-order valence-electron chi connectivity index (χ2n) is 8.67. The van der Waals surface area contributed by atoms with Gasteiger partial charge < -0.3 is 21.1 Å². The van der Waals surface area contributed by atoms with Crippen LogP contribution >= 0.6 is 0 Å². The molecule has 2 aromatic carbocycles. The number of phenols is 3. The van der Waals surface area contributed by atoms with E-state index >= 15 is 0 Å². The molecule has 1 heterocycles. The summed E-state index contributed by atoms with van der Waals surface area (Å²) in [5, 5.41) is 26.1. The Labute approximate surface area is 201 Å². The molecule has 5 N–H and O–H groups in total. The van der Waals surface area contributed by atoms with E-state index in [4.69, 9.17) is 21.1 Å². The van der Waals surface area contributed by atoms with E-state index in [-0.39, 0.29) is 17.4 Å². The lowest BCUT2D eigenvalue weighted by Crippen LogP contribution is -2.47. The number of rotatable bonds is 8. The van der Waals surface area contributed by atoms with Crippen LogP contribution in [-0.4, -0.2) is 49.7 Å². The number of carbonyl (C=O) groups is 1. The number of phenolic OH excluding ortho intramolecular Hbond substituents is 3. The van der Waals surface area contributed by atoms with Crippen molar-refractivity contribution in [2.45, 2.75) is 51.6 Å². The van der Waals surface area contributed by atoms with Gasteiger partial charge in [0, 0.05) is 24.8 Å². The number of aromatic nitrogens is 1. The molecule has 0 spiro atoms. The van der Waals surface area contributed by atoms with Crippen LogP contribution in [0.25, 0.3) is 0 Å². The molecule has 7 nitrogen and oxygen atoms in total. The lowest BCUT2D eigenvalue weighted by Gasteiger charge is -2.36. The standard InChI is InChI=1S/C21H29N3O.C6H6O3/c1-16(2)24(17(3)4)15-13-21(20(22)25,18-10-6-5-7-11-18)19-12-8-9-14-23-19;7-4-2-1-3-5(8)6(4)9/h5-12,14,16-17H,13,15H2,1-4H3,(H2,22,25);1-3,7-9H. The second-order valence-corrected chi connectivity index (χ2v) is 8.67. The van der Waals surface area contributed by atoms with Crippen LogP contribution in [0.1, 0.15) is 45.4 Å². The second kappa shape index (κ2) is 12.0. The van der Waals surface area contributed by atoms with Crippen LogP contribution in [0.2, 0.25) is 0 Å². The van der Waals surface area contributed by atoms with E-state index in [9.17, 15) is 4.79 Å². The number of primary amides is 1. The zero-order chi connectivity index (χ0) is 25.3. The molecule has 0 aliphatic rings. The van der Waals surface area contributed by atoms with Crippen molar-refractivity contribution in [1.82, 2.24) is 9.88 Å². The van der Waals surface area contributed by atoms with Gasteiger partial charge in [-0.1, -0.05) is 42.5 Å². The third kappa shape index (κ3) is 6.26. The molecule has 3 aromatic rings. The third-order valence-corrected chi connectivity index (χ3v) is 5.85. The summed E-state index contributed by atoms with van der Waals surface area (Å²) in [6.07, 6.45) is 2.32. The smallest absolute Gasteiger partial charge is 0.234 e. The molecule has 0 radical (unpaired) electrons. The van der Waals surface area contributed by atoms with Gasteiger partial charge in [-0.05, 0) is 63.9 Å². The first-order valence-electron chi connectivity index (χ1n) is 11.3. The van der Waals surface area contributed by atoms with E-state index in [0.717, 1.165) is 12.1 Å². The largest absolute Gasteiger partial charge is 0.504 e. The fourth-order valence-corrected chi connectivity index (χ4v) is 4.08. The number of amides is 1. The highest BCUT2D eigenvalue weighted by Gasteiger charge is 2.42. The maximum atomic E-state index is 12.7. The highest BCUT2D eigenvalue weighted by Crippen LogP contribution is 2.35. The van der Waals surface area contributed by atoms with Crippen molar-refractivity contribution < 1.29 is 20.1 Å². The molecule has 0 aliphatic carbocycles. The molecule has 0 saturated heterocycles. The predicted octanol–water partition coefficient (Wildman–Crippen LogP) is 4.17. The molecule has 0 saturated carbocycles. The molecule has 1 amide bonds. The predicted molar refractivity (Wildman–Crippen MR) is 134 cm³/mol. The van der Waals surface area contributed by atoms with Crippen LogP contribution in [-0.2, 0) is 10.2 Å².